The summed E-state index contributed by atoms with van der Waals surface area (Å²) in [5, 5.41) is 3.08. The van der Waals surface area contributed by atoms with E-state index in [1.54, 1.807) is 6.33 Å². The molecule has 1 aromatic heterocycles. The summed E-state index contributed by atoms with van der Waals surface area (Å²) < 4.78 is 0. The Morgan fingerprint density at radius 2 is 2.00 bits per heavy atom. The number of H-pyrrole nitrogens is 1. The van der Waals surface area contributed by atoms with Crippen molar-refractivity contribution in [3.8, 4) is 0 Å². The number of amides is 1. The minimum absolute atomic E-state index is 0.176. The summed E-state index contributed by atoms with van der Waals surface area (Å²) in [4.78, 5) is 24.8. The molecule has 0 spiro atoms. The lowest BCUT2D eigenvalue weighted by Crippen LogP contribution is -2.50. The van der Waals surface area contributed by atoms with Gasteiger partial charge < -0.3 is 15.2 Å². The molecule has 3 heterocycles. The Bertz CT molecular complexity index is 757. The van der Waals surface area contributed by atoms with Gasteiger partial charge in [-0.05, 0) is 56.8 Å². The highest BCUT2D eigenvalue weighted by atomic mass is 16.1. The molecule has 2 aromatic rings. The number of hydrogen-bond donors (Lipinski definition) is 2. The Labute approximate surface area is 180 Å². The van der Waals surface area contributed by atoms with Gasteiger partial charge in [0, 0.05) is 50.4 Å². The van der Waals surface area contributed by atoms with Crippen LogP contribution in [0, 0.1) is 5.92 Å². The number of benzene rings is 1. The van der Waals surface area contributed by atoms with Gasteiger partial charge in [0.05, 0.1) is 6.33 Å². The fourth-order valence-corrected chi connectivity index (χ4v) is 5.08. The third-order valence-corrected chi connectivity index (χ3v) is 6.65. The number of imidazole rings is 1. The molecule has 0 bridgehead atoms. The first-order chi connectivity index (χ1) is 14.8. The van der Waals surface area contributed by atoms with Crippen LogP contribution in [0.25, 0.3) is 0 Å². The molecule has 6 nitrogen and oxygen atoms in total. The topological polar surface area (TPSA) is 64.3 Å². The summed E-state index contributed by atoms with van der Waals surface area (Å²) in [6.45, 7) is 6.40. The van der Waals surface area contributed by atoms with Gasteiger partial charge in [-0.15, -0.1) is 0 Å². The highest BCUT2D eigenvalue weighted by Gasteiger charge is 2.34. The third-order valence-electron chi connectivity index (χ3n) is 6.65. The number of nitrogens with one attached hydrogen (secondary N) is 2. The van der Waals surface area contributed by atoms with Crippen molar-refractivity contribution < 1.29 is 4.79 Å². The Kier molecular flexibility index (Phi) is 7.54. The molecule has 1 aromatic carbocycles. The normalized spacial score (nSPS) is 22.9. The largest absolute Gasteiger partial charge is 0.356 e. The monoisotopic (exact) mass is 409 g/mol. The molecule has 0 radical (unpaired) electrons. The van der Waals surface area contributed by atoms with E-state index < -0.39 is 0 Å². The van der Waals surface area contributed by atoms with Gasteiger partial charge in [-0.25, -0.2) is 4.98 Å². The van der Waals surface area contributed by atoms with E-state index in [-0.39, 0.29) is 5.91 Å². The number of likely N-dealkylation sites (tertiary alicyclic amines) is 2. The molecular formula is C24H35N5O. The summed E-state index contributed by atoms with van der Waals surface area (Å²) in [7, 11) is 0. The number of carbonyl (C=O) groups is 1. The van der Waals surface area contributed by atoms with Crippen LogP contribution >= 0.6 is 0 Å². The van der Waals surface area contributed by atoms with E-state index in [1.807, 2.05) is 6.20 Å². The zero-order valence-electron chi connectivity index (χ0n) is 17.9. The summed E-state index contributed by atoms with van der Waals surface area (Å²) in [6.07, 6.45) is 9.76. The Hall–Kier alpha value is -2.18. The average molecular weight is 410 g/mol. The van der Waals surface area contributed by atoms with E-state index >= 15 is 0 Å². The third kappa shape index (κ3) is 5.92. The summed E-state index contributed by atoms with van der Waals surface area (Å²) >= 11 is 0. The molecule has 2 saturated heterocycles. The Morgan fingerprint density at radius 1 is 1.17 bits per heavy atom. The quantitative estimate of drug-likeness (QED) is 0.669. The fraction of sp³-hybridized carbons (Fsp3) is 0.583. The van der Waals surface area contributed by atoms with Crippen LogP contribution in [0.4, 0.5) is 0 Å². The first kappa shape index (κ1) is 21.1. The predicted molar refractivity (Wildman–Crippen MR) is 119 cm³/mol. The van der Waals surface area contributed by atoms with Crippen LogP contribution in [0.2, 0.25) is 0 Å². The first-order valence-electron chi connectivity index (χ1n) is 11.5. The van der Waals surface area contributed by atoms with Crippen molar-refractivity contribution in [2.24, 2.45) is 5.92 Å². The predicted octanol–water partition coefficient (Wildman–Crippen LogP) is 2.84. The number of nitrogens with zero attached hydrogens (tertiary/aromatic N) is 3. The maximum Gasteiger partial charge on any atom is 0.220 e. The van der Waals surface area contributed by atoms with Crippen LogP contribution in [0.15, 0.2) is 42.9 Å². The van der Waals surface area contributed by atoms with Crippen LogP contribution in [-0.2, 0) is 17.8 Å². The van der Waals surface area contributed by atoms with Crippen LogP contribution in [-0.4, -0.2) is 64.4 Å². The van der Waals surface area contributed by atoms with Gasteiger partial charge in [0.15, 0.2) is 0 Å². The number of rotatable bonds is 9. The van der Waals surface area contributed by atoms with Crippen molar-refractivity contribution in [2.75, 3.05) is 32.7 Å². The molecule has 6 heteroatoms. The van der Waals surface area contributed by atoms with Crippen molar-refractivity contribution in [3.05, 3.63) is 54.1 Å². The average Bonchev–Trinajstić information content (AvgIpc) is 3.48. The van der Waals surface area contributed by atoms with Crippen LogP contribution < -0.4 is 5.32 Å². The molecule has 162 valence electrons. The van der Waals surface area contributed by atoms with E-state index in [4.69, 9.17) is 0 Å². The van der Waals surface area contributed by atoms with Gasteiger partial charge in [-0.2, -0.15) is 0 Å². The molecule has 2 fully saturated rings. The van der Waals surface area contributed by atoms with Crippen molar-refractivity contribution >= 4 is 5.91 Å². The SMILES string of the molecule is O=C(CC[C@H]1CN(Cc2ccccc2)CC[C@H]1N1CCCC1)NCCc1cnc[nH]1. The number of aromatic amines is 1. The molecule has 4 rings (SSSR count). The van der Waals surface area contributed by atoms with Crippen LogP contribution in [0.5, 0.6) is 0 Å². The molecular weight excluding hydrogens is 374 g/mol. The van der Waals surface area contributed by atoms with Crippen molar-refractivity contribution in [1.82, 2.24) is 25.1 Å². The smallest absolute Gasteiger partial charge is 0.220 e. The minimum Gasteiger partial charge on any atom is -0.356 e. The van der Waals surface area contributed by atoms with Gasteiger partial charge in [-0.1, -0.05) is 30.3 Å². The van der Waals surface area contributed by atoms with E-state index in [2.05, 4.69) is 55.4 Å². The lowest BCUT2D eigenvalue weighted by molar-refractivity contribution is -0.121. The fourth-order valence-electron chi connectivity index (χ4n) is 5.08. The van der Waals surface area contributed by atoms with Gasteiger partial charge in [0.2, 0.25) is 5.91 Å². The molecule has 0 unspecified atom stereocenters. The molecule has 2 atom stereocenters. The zero-order chi connectivity index (χ0) is 20.6. The maximum atomic E-state index is 12.5. The Balaban J connectivity index is 1.28. The Morgan fingerprint density at radius 3 is 2.77 bits per heavy atom. The highest BCUT2D eigenvalue weighted by molar-refractivity contribution is 5.75. The minimum atomic E-state index is 0.176. The number of carbonyl (C=O) groups excluding carboxylic acids is 1. The molecule has 0 saturated carbocycles. The second-order valence-electron chi connectivity index (χ2n) is 8.80. The first-order valence-corrected chi connectivity index (χ1v) is 11.5. The van der Waals surface area contributed by atoms with Crippen LogP contribution in [0.1, 0.15) is 43.4 Å². The molecule has 2 N–H and O–H groups in total. The standard InChI is InChI=1S/C24H35N5O/c30-24(26-12-10-22-16-25-19-27-22)9-8-21-18-28(17-20-6-2-1-3-7-20)15-11-23(21)29-13-4-5-14-29/h1-3,6-7,16,19,21,23H,4-5,8-15,17-18H2,(H,25,27)(H,26,30)/t21-,23+/m0/s1. The van der Waals surface area contributed by atoms with E-state index in [9.17, 15) is 4.79 Å². The van der Waals surface area contributed by atoms with Crippen molar-refractivity contribution in [2.45, 2.75) is 51.1 Å². The second-order valence-corrected chi connectivity index (χ2v) is 8.80. The second kappa shape index (κ2) is 10.7. The summed E-state index contributed by atoms with van der Waals surface area (Å²) in [5.41, 5.74) is 2.45. The molecule has 0 aliphatic carbocycles. The molecule has 30 heavy (non-hydrogen) atoms. The van der Waals surface area contributed by atoms with Gasteiger partial charge >= 0.3 is 0 Å². The number of hydrogen-bond acceptors (Lipinski definition) is 4. The molecule has 1 amide bonds. The van der Waals surface area contributed by atoms with Crippen LogP contribution in [0.3, 0.4) is 0 Å². The van der Waals surface area contributed by atoms with Gasteiger partial charge in [-0.3, -0.25) is 9.69 Å². The van der Waals surface area contributed by atoms with E-state index in [0.717, 1.165) is 38.2 Å². The summed E-state index contributed by atoms with van der Waals surface area (Å²) in [5.74, 6) is 0.744. The van der Waals surface area contributed by atoms with E-state index in [0.29, 0.717) is 24.9 Å². The van der Waals surface area contributed by atoms with Gasteiger partial charge in [0.25, 0.3) is 0 Å². The number of piperidine rings is 1. The highest BCUT2D eigenvalue weighted by Crippen LogP contribution is 2.29. The zero-order valence-corrected chi connectivity index (χ0v) is 17.9. The van der Waals surface area contributed by atoms with Gasteiger partial charge in [0.1, 0.15) is 0 Å². The lowest BCUT2D eigenvalue weighted by atomic mass is 9.86. The molecule has 2 aliphatic rings. The van der Waals surface area contributed by atoms with Crippen molar-refractivity contribution in [3.63, 3.8) is 0 Å². The molecule has 2 aliphatic heterocycles. The van der Waals surface area contributed by atoms with Crippen molar-refractivity contribution in [1.29, 1.82) is 0 Å². The summed E-state index contributed by atoms with van der Waals surface area (Å²) in [6, 6.07) is 11.4. The number of aromatic nitrogens is 2. The lowest BCUT2D eigenvalue weighted by Gasteiger charge is -2.43. The maximum absolute atomic E-state index is 12.5. The van der Waals surface area contributed by atoms with E-state index in [1.165, 1.54) is 37.9 Å².